The van der Waals surface area contributed by atoms with Gasteiger partial charge in [0.2, 0.25) is 5.28 Å². The highest BCUT2D eigenvalue weighted by molar-refractivity contribution is 6.34. The van der Waals surface area contributed by atoms with Crippen molar-refractivity contribution in [3.8, 4) is 17.0 Å². The zero-order chi connectivity index (χ0) is 18.7. The molecule has 0 unspecified atom stereocenters. The van der Waals surface area contributed by atoms with Gasteiger partial charge in [0.1, 0.15) is 23.6 Å². The molecule has 0 saturated carbocycles. The Kier molecular flexibility index (Phi) is 5.96. The number of halogens is 2. The molecule has 0 atom stereocenters. The van der Waals surface area contributed by atoms with Crippen molar-refractivity contribution in [3.63, 3.8) is 0 Å². The van der Waals surface area contributed by atoms with Crippen LogP contribution in [-0.4, -0.2) is 51.1 Å². The average molecular weight is 394 g/mol. The second-order valence-corrected chi connectivity index (χ2v) is 6.66. The first-order chi connectivity index (χ1) is 12.5. The van der Waals surface area contributed by atoms with Crippen molar-refractivity contribution in [2.45, 2.75) is 20.8 Å². The molecule has 3 aromatic rings. The number of ether oxygens (including phenoxy) is 1. The molecular formula is C18H21Cl2N5O. The monoisotopic (exact) mass is 393 g/mol. The predicted molar refractivity (Wildman–Crippen MR) is 105 cm³/mol. The Labute approximate surface area is 162 Å². The number of nitrogens with zero attached hydrogens (tertiary/aromatic N) is 4. The van der Waals surface area contributed by atoms with Crippen LogP contribution in [0.4, 0.5) is 0 Å². The van der Waals surface area contributed by atoms with E-state index in [1.165, 1.54) is 0 Å². The molecular weight excluding hydrogens is 373 g/mol. The molecule has 0 aliphatic carbocycles. The molecule has 0 fully saturated rings. The Morgan fingerprint density at radius 3 is 2.65 bits per heavy atom. The molecule has 138 valence electrons. The van der Waals surface area contributed by atoms with Gasteiger partial charge in [0.05, 0.1) is 11.3 Å². The molecule has 0 aliphatic rings. The summed E-state index contributed by atoms with van der Waals surface area (Å²) in [5.41, 5.74) is 3.46. The van der Waals surface area contributed by atoms with Crippen LogP contribution in [0.25, 0.3) is 22.4 Å². The lowest BCUT2D eigenvalue weighted by Gasteiger charge is -2.19. The molecule has 26 heavy (non-hydrogen) atoms. The normalized spacial score (nSPS) is 11.5. The molecule has 2 aromatic heterocycles. The summed E-state index contributed by atoms with van der Waals surface area (Å²) in [6.07, 6.45) is 1.56. The third kappa shape index (κ3) is 3.92. The minimum Gasteiger partial charge on any atom is -0.492 e. The van der Waals surface area contributed by atoms with Crippen molar-refractivity contribution in [2.24, 2.45) is 0 Å². The van der Waals surface area contributed by atoms with Crippen LogP contribution in [0.1, 0.15) is 19.4 Å². The van der Waals surface area contributed by atoms with E-state index in [4.69, 9.17) is 27.9 Å². The SMILES string of the molecule is CCN(CC)CCOc1cc(-c2nc(Cl)nc3[nH]cnc23)c(Cl)cc1C. The molecule has 0 radical (unpaired) electrons. The number of H-pyrrole nitrogens is 1. The van der Waals surface area contributed by atoms with Gasteiger partial charge in [-0.3, -0.25) is 0 Å². The smallest absolute Gasteiger partial charge is 0.225 e. The van der Waals surface area contributed by atoms with Gasteiger partial charge in [0, 0.05) is 12.1 Å². The number of rotatable bonds is 7. The quantitative estimate of drug-likeness (QED) is 0.604. The Morgan fingerprint density at radius 2 is 1.92 bits per heavy atom. The Bertz CT molecular complexity index is 908. The number of aryl methyl sites for hydroxylation is 1. The van der Waals surface area contributed by atoms with Crippen molar-refractivity contribution in [1.82, 2.24) is 24.8 Å². The highest BCUT2D eigenvalue weighted by Crippen LogP contribution is 2.36. The van der Waals surface area contributed by atoms with Gasteiger partial charge in [0.15, 0.2) is 5.65 Å². The molecule has 2 heterocycles. The van der Waals surface area contributed by atoms with Crippen molar-refractivity contribution in [2.75, 3.05) is 26.2 Å². The van der Waals surface area contributed by atoms with E-state index in [9.17, 15) is 0 Å². The topological polar surface area (TPSA) is 66.9 Å². The Morgan fingerprint density at radius 1 is 1.15 bits per heavy atom. The molecule has 8 heteroatoms. The van der Waals surface area contributed by atoms with E-state index in [0.29, 0.717) is 28.5 Å². The van der Waals surface area contributed by atoms with E-state index in [1.807, 2.05) is 19.1 Å². The number of aromatic nitrogens is 4. The second-order valence-electron chi connectivity index (χ2n) is 5.91. The van der Waals surface area contributed by atoms with Crippen molar-refractivity contribution in [3.05, 3.63) is 34.3 Å². The van der Waals surface area contributed by atoms with Crippen LogP contribution in [0, 0.1) is 6.92 Å². The molecule has 0 aliphatic heterocycles. The standard InChI is InChI=1S/C18H21Cl2N5O/c1-4-25(5-2)6-7-26-14-9-12(13(19)8-11(14)3)15-16-17(22-10-21-16)24-18(20)23-15/h8-10H,4-7H2,1-3H3,(H,21,22,23,24). The number of benzene rings is 1. The number of aromatic amines is 1. The lowest BCUT2D eigenvalue weighted by molar-refractivity contribution is 0.222. The Balaban J connectivity index is 1.94. The average Bonchev–Trinajstić information content (AvgIpc) is 3.08. The van der Waals surface area contributed by atoms with E-state index in [1.54, 1.807) is 6.33 Å². The molecule has 0 amide bonds. The fraction of sp³-hybridized carbons (Fsp3) is 0.389. The minimum atomic E-state index is 0.136. The highest BCUT2D eigenvalue weighted by atomic mass is 35.5. The van der Waals surface area contributed by atoms with Gasteiger partial charge in [-0.1, -0.05) is 25.4 Å². The van der Waals surface area contributed by atoms with Crippen molar-refractivity contribution in [1.29, 1.82) is 0 Å². The lowest BCUT2D eigenvalue weighted by Crippen LogP contribution is -2.28. The summed E-state index contributed by atoms with van der Waals surface area (Å²) < 4.78 is 6.01. The summed E-state index contributed by atoms with van der Waals surface area (Å²) in [5, 5.41) is 0.704. The van der Waals surface area contributed by atoms with E-state index < -0.39 is 0 Å². The van der Waals surface area contributed by atoms with Gasteiger partial charge in [0.25, 0.3) is 0 Å². The van der Waals surface area contributed by atoms with Gasteiger partial charge in [-0.05, 0) is 49.3 Å². The van der Waals surface area contributed by atoms with Gasteiger partial charge in [-0.25, -0.2) is 9.97 Å². The number of likely N-dealkylation sites (N-methyl/N-ethyl adjacent to an activating group) is 1. The summed E-state index contributed by atoms with van der Waals surface area (Å²) in [6.45, 7) is 9.73. The van der Waals surface area contributed by atoms with Crippen LogP contribution < -0.4 is 4.74 Å². The number of fused-ring (bicyclic) bond motifs is 1. The van der Waals surface area contributed by atoms with Gasteiger partial charge in [-0.2, -0.15) is 4.98 Å². The van der Waals surface area contributed by atoms with E-state index in [0.717, 1.165) is 36.5 Å². The number of nitrogens with one attached hydrogen (secondary N) is 1. The van der Waals surface area contributed by atoms with Crippen LogP contribution in [0.2, 0.25) is 10.3 Å². The summed E-state index contributed by atoms with van der Waals surface area (Å²) in [7, 11) is 0. The minimum absolute atomic E-state index is 0.136. The van der Waals surface area contributed by atoms with Crippen LogP contribution in [0.15, 0.2) is 18.5 Å². The molecule has 1 aromatic carbocycles. The maximum Gasteiger partial charge on any atom is 0.225 e. The lowest BCUT2D eigenvalue weighted by atomic mass is 10.1. The fourth-order valence-corrected chi connectivity index (χ4v) is 3.29. The van der Waals surface area contributed by atoms with Crippen LogP contribution in [0.5, 0.6) is 5.75 Å². The van der Waals surface area contributed by atoms with Crippen molar-refractivity contribution < 1.29 is 4.74 Å². The van der Waals surface area contributed by atoms with E-state index in [2.05, 4.69) is 38.7 Å². The largest absolute Gasteiger partial charge is 0.492 e. The van der Waals surface area contributed by atoms with E-state index >= 15 is 0 Å². The van der Waals surface area contributed by atoms with E-state index in [-0.39, 0.29) is 5.28 Å². The summed E-state index contributed by atoms with van der Waals surface area (Å²) in [6, 6.07) is 3.77. The number of imidazole rings is 1. The number of hydrogen-bond donors (Lipinski definition) is 1. The zero-order valence-corrected chi connectivity index (χ0v) is 16.5. The summed E-state index contributed by atoms with van der Waals surface area (Å²) in [5.74, 6) is 0.773. The highest BCUT2D eigenvalue weighted by Gasteiger charge is 2.16. The first-order valence-electron chi connectivity index (χ1n) is 8.55. The maximum absolute atomic E-state index is 6.48. The first-order valence-corrected chi connectivity index (χ1v) is 9.31. The summed E-state index contributed by atoms with van der Waals surface area (Å²) in [4.78, 5) is 18.0. The van der Waals surface area contributed by atoms with Gasteiger partial charge >= 0.3 is 0 Å². The molecule has 0 bridgehead atoms. The predicted octanol–water partition coefficient (Wildman–Crippen LogP) is 4.36. The van der Waals surface area contributed by atoms with Crippen molar-refractivity contribution >= 4 is 34.4 Å². The van der Waals surface area contributed by atoms with Crippen LogP contribution in [0.3, 0.4) is 0 Å². The summed E-state index contributed by atoms with van der Waals surface area (Å²) >= 11 is 12.5. The van der Waals surface area contributed by atoms with Crippen LogP contribution >= 0.6 is 23.2 Å². The molecule has 0 spiro atoms. The third-order valence-corrected chi connectivity index (χ3v) is 4.81. The van der Waals surface area contributed by atoms with Gasteiger partial charge < -0.3 is 14.6 Å². The number of hydrogen-bond acceptors (Lipinski definition) is 5. The molecule has 6 nitrogen and oxygen atoms in total. The zero-order valence-electron chi connectivity index (χ0n) is 15.0. The molecule has 0 saturated heterocycles. The first kappa shape index (κ1) is 18.9. The fourth-order valence-electron chi connectivity index (χ4n) is 2.81. The van der Waals surface area contributed by atoms with Crippen LogP contribution in [-0.2, 0) is 0 Å². The second kappa shape index (κ2) is 8.20. The maximum atomic E-state index is 6.48. The van der Waals surface area contributed by atoms with Gasteiger partial charge in [-0.15, -0.1) is 0 Å². The Hall–Kier alpha value is -1.89. The molecule has 1 N–H and O–H groups in total. The third-order valence-electron chi connectivity index (χ3n) is 4.33. The molecule has 3 rings (SSSR count).